The Labute approximate surface area is 314 Å². The molecule has 0 unspecified atom stereocenters. The lowest BCUT2D eigenvalue weighted by Gasteiger charge is -2.43. The van der Waals surface area contributed by atoms with Crippen LogP contribution in [0.2, 0.25) is 0 Å². The topological polar surface area (TPSA) is 111 Å². The first-order chi connectivity index (χ1) is 26.6. The van der Waals surface area contributed by atoms with E-state index in [-0.39, 0.29) is 0 Å². The number of hydrogen-bond acceptors (Lipinski definition) is 12. The summed E-state index contributed by atoms with van der Waals surface area (Å²) in [5.41, 5.74) is 2.70. The van der Waals surface area contributed by atoms with Gasteiger partial charge in [0.25, 0.3) is 0 Å². The Morgan fingerprint density at radius 3 is 0.759 bits per heavy atom. The first-order valence-corrected chi connectivity index (χ1v) is 18.4. The molecule has 4 fully saturated rings. The average molecular weight is 741 g/mol. The molecule has 11 aliphatic heterocycles. The molecule has 2 spiro atoms. The van der Waals surface area contributed by atoms with Crippen LogP contribution in [0.4, 0.5) is 0 Å². The van der Waals surface area contributed by atoms with Crippen LogP contribution in [0.25, 0.3) is 0 Å². The van der Waals surface area contributed by atoms with E-state index in [1.807, 2.05) is 97.1 Å². The van der Waals surface area contributed by atoms with Crippen molar-refractivity contribution < 1.29 is 56.8 Å². The van der Waals surface area contributed by atoms with E-state index in [0.29, 0.717) is 102 Å². The molecule has 4 saturated heterocycles. The Morgan fingerprint density at radius 1 is 0.315 bits per heavy atom. The zero-order chi connectivity index (χ0) is 36.2. The predicted octanol–water partition coefficient (Wildman–Crippen LogP) is 6.47. The molecule has 0 amide bonds. The minimum atomic E-state index is -0.519. The highest BCUT2D eigenvalue weighted by atomic mass is 16.7. The second-order valence-electron chi connectivity index (χ2n) is 14.5. The minimum absolute atomic E-state index is 0.352. The highest BCUT2D eigenvalue weighted by Gasteiger charge is 2.44. The molecule has 0 N–H and O–H groups in total. The van der Waals surface area contributed by atoms with E-state index in [4.69, 9.17) is 56.8 Å². The zero-order valence-corrected chi connectivity index (χ0v) is 29.9. The number of rotatable bonds is 0. The van der Waals surface area contributed by atoms with Gasteiger partial charge in [-0.15, -0.1) is 0 Å². The summed E-state index contributed by atoms with van der Waals surface area (Å²) in [6.45, 7) is 4.91. The SMILES string of the molecule is c1cc2cc(c1)C1OCC3(CO1)COC(OC3)c1cccc(c1)OCCOc1cccc(c1)C1OCC3(COC(OC3)c3cccc(c3)OCCO2)CO1. The van der Waals surface area contributed by atoms with Gasteiger partial charge in [-0.3, -0.25) is 0 Å². The van der Waals surface area contributed by atoms with Crippen LogP contribution >= 0.6 is 0 Å². The lowest BCUT2D eigenvalue weighted by Crippen LogP contribution is -2.49. The van der Waals surface area contributed by atoms with E-state index in [2.05, 4.69) is 0 Å². The highest BCUT2D eigenvalue weighted by molar-refractivity contribution is 5.32. The molecule has 54 heavy (non-hydrogen) atoms. The Kier molecular flexibility index (Phi) is 10.4. The molecule has 4 aromatic carbocycles. The second kappa shape index (κ2) is 15.9. The maximum Gasteiger partial charge on any atom is 0.183 e. The van der Waals surface area contributed by atoms with Gasteiger partial charge in [0.05, 0.1) is 63.7 Å². The summed E-state index contributed by atoms with van der Waals surface area (Å²) >= 11 is 0. The van der Waals surface area contributed by atoms with Crippen LogP contribution < -0.4 is 18.9 Å². The summed E-state index contributed by atoms with van der Waals surface area (Å²) in [7, 11) is 0. The summed E-state index contributed by atoms with van der Waals surface area (Å²) in [5.74, 6) is 2.81. The van der Waals surface area contributed by atoms with Crippen LogP contribution in [0.1, 0.15) is 47.4 Å². The molecule has 12 heteroatoms. The molecular formula is C42H44O12. The smallest absolute Gasteiger partial charge is 0.183 e. The van der Waals surface area contributed by atoms with Crippen LogP contribution in [0.15, 0.2) is 97.1 Å². The van der Waals surface area contributed by atoms with E-state index in [1.165, 1.54) is 0 Å². The largest absolute Gasteiger partial charge is 0.490 e. The fourth-order valence-electron chi connectivity index (χ4n) is 7.12. The van der Waals surface area contributed by atoms with E-state index < -0.39 is 36.0 Å². The van der Waals surface area contributed by atoms with Crippen molar-refractivity contribution in [3.8, 4) is 23.0 Å². The summed E-state index contributed by atoms with van der Waals surface area (Å²) in [4.78, 5) is 0. The van der Waals surface area contributed by atoms with Gasteiger partial charge in [-0.2, -0.15) is 0 Å². The molecule has 284 valence electrons. The third-order valence-electron chi connectivity index (χ3n) is 10.1. The normalized spacial score (nSPS) is 30.2. The molecule has 14 bridgehead atoms. The van der Waals surface area contributed by atoms with Crippen molar-refractivity contribution in [1.82, 2.24) is 0 Å². The second-order valence-corrected chi connectivity index (χ2v) is 14.5. The quantitative estimate of drug-likeness (QED) is 0.197. The monoisotopic (exact) mass is 740 g/mol. The van der Waals surface area contributed by atoms with Gasteiger partial charge in [0.15, 0.2) is 25.2 Å². The maximum absolute atomic E-state index is 6.21. The van der Waals surface area contributed by atoms with E-state index >= 15 is 0 Å². The van der Waals surface area contributed by atoms with Gasteiger partial charge >= 0.3 is 0 Å². The summed E-state index contributed by atoms with van der Waals surface area (Å²) in [6, 6.07) is 31.0. The molecule has 15 rings (SSSR count). The molecule has 0 aromatic heterocycles. The number of hydrogen-bond donors (Lipinski definition) is 0. The van der Waals surface area contributed by atoms with Crippen molar-refractivity contribution in [1.29, 1.82) is 0 Å². The van der Waals surface area contributed by atoms with Crippen LogP contribution in [-0.2, 0) is 37.9 Å². The Bertz CT molecular complexity index is 1570. The van der Waals surface area contributed by atoms with Crippen molar-refractivity contribution in [2.45, 2.75) is 25.2 Å². The van der Waals surface area contributed by atoms with Gasteiger partial charge in [0, 0.05) is 22.3 Å². The van der Waals surface area contributed by atoms with Crippen molar-refractivity contribution in [3.63, 3.8) is 0 Å². The lowest BCUT2D eigenvalue weighted by atomic mass is 9.90. The van der Waals surface area contributed by atoms with Crippen molar-refractivity contribution >= 4 is 0 Å². The molecule has 0 radical (unpaired) electrons. The van der Waals surface area contributed by atoms with Crippen LogP contribution in [0.5, 0.6) is 23.0 Å². The number of ether oxygens (including phenoxy) is 12. The van der Waals surface area contributed by atoms with E-state index in [1.54, 1.807) is 0 Å². The van der Waals surface area contributed by atoms with E-state index in [0.717, 1.165) is 22.3 Å². The molecule has 11 aliphatic rings. The van der Waals surface area contributed by atoms with Crippen LogP contribution in [-0.4, -0.2) is 79.3 Å². The van der Waals surface area contributed by atoms with Gasteiger partial charge in [-0.1, -0.05) is 48.5 Å². The van der Waals surface area contributed by atoms with Crippen LogP contribution in [0, 0.1) is 10.8 Å². The third kappa shape index (κ3) is 8.07. The maximum atomic E-state index is 6.21. The first kappa shape index (κ1) is 35.5. The summed E-state index contributed by atoms with van der Waals surface area (Å²) in [5, 5.41) is 0. The zero-order valence-electron chi connectivity index (χ0n) is 29.9. The third-order valence-corrected chi connectivity index (χ3v) is 10.1. The fraction of sp³-hybridized carbons (Fsp3) is 0.429. The average Bonchev–Trinajstić information content (AvgIpc) is 3.22. The van der Waals surface area contributed by atoms with Gasteiger partial charge in [-0.25, -0.2) is 0 Å². The Hall–Kier alpha value is -4.24. The van der Waals surface area contributed by atoms with Gasteiger partial charge in [-0.05, 0) is 48.5 Å². The minimum Gasteiger partial charge on any atom is -0.490 e. The summed E-state index contributed by atoms with van der Waals surface area (Å²) < 4.78 is 73.9. The molecule has 0 aliphatic carbocycles. The van der Waals surface area contributed by atoms with Gasteiger partial charge in [0.1, 0.15) is 49.4 Å². The molecule has 12 nitrogen and oxygen atoms in total. The van der Waals surface area contributed by atoms with Gasteiger partial charge < -0.3 is 56.8 Å². The summed E-state index contributed by atoms with van der Waals surface area (Å²) in [6.07, 6.45) is -2.08. The lowest BCUT2D eigenvalue weighted by molar-refractivity contribution is -0.307. The highest BCUT2D eigenvalue weighted by Crippen LogP contribution is 2.41. The Morgan fingerprint density at radius 2 is 0.537 bits per heavy atom. The van der Waals surface area contributed by atoms with Gasteiger partial charge in [0.2, 0.25) is 0 Å². The molecule has 11 heterocycles. The van der Waals surface area contributed by atoms with Crippen molar-refractivity contribution in [2.75, 3.05) is 79.3 Å². The molecule has 0 saturated carbocycles. The van der Waals surface area contributed by atoms with E-state index in [9.17, 15) is 0 Å². The molecule has 0 atom stereocenters. The predicted molar refractivity (Wildman–Crippen MR) is 191 cm³/mol. The van der Waals surface area contributed by atoms with Crippen molar-refractivity contribution in [2.24, 2.45) is 10.8 Å². The molecule has 4 aromatic rings. The fourth-order valence-corrected chi connectivity index (χ4v) is 7.12. The van der Waals surface area contributed by atoms with Crippen LogP contribution in [0.3, 0.4) is 0 Å². The van der Waals surface area contributed by atoms with Crippen molar-refractivity contribution in [3.05, 3.63) is 119 Å². The molecular weight excluding hydrogens is 696 g/mol. The Balaban J connectivity index is 0.877. The standard InChI is InChI=1S/C42H44O12/c1-5-29-17-33(9-1)43-13-14-44-34-10-2-6-30(18-34)39-51-25-42(26-52-39)27-53-40(54-28-42)32-8-4-12-36(20-32)46-16-15-45-35-11-3-7-31(19-35)38-49-23-41(24-50-38)21-47-37(29)48-22-41/h1-12,17-20,37-40H,13-16,21-28H2. The first-order valence-electron chi connectivity index (χ1n) is 18.4. The number of benzene rings is 4.